The molecule has 2 rings (SSSR count). The van der Waals surface area contributed by atoms with E-state index in [4.69, 9.17) is 11.6 Å². The van der Waals surface area contributed by atoms with Crippen LogP contribution in [-0.2, 0) is 10.2 Å². The number of halogens is 2. The van der Waals surface area contributed by atoms with Crippen molar-refractivity contribution in [2.24, 2.45) is 0 Å². The van der Waals surface area contributed by atoms with Crippen LogP contribution in [0.4, 0.5) is 0 Å². The summed E-state index contributed by atoms with van der Waals surface area (Å²) in [5, 5.41) is 0.436. The number of carbonyl (C=O) groups excluding carboxylic acids is 1. The average Bonchev–Trinajstić information content (AvgIpc) is 2.90. The summed E-state index contributed by atoms with van der Waals surface area (Å²) in [5.74, 6) is 0. The maximum Gasteiger partial charge on any atom is 0.132 e. The minimum Gasteiger partial charge on any atom is -0.302 e. The molecule has 13 heavy (non-hydrogen) atoms. The van der Waals surface area contributed by atoms with Crippen molar-refractivity contribution in [3.63, 3.8) is 0 Å². The first kappa shape index (κ1) is 9.16. The van der Waals surface area contributed by atoms with E-state index in [1.807, 2.05) is 6.07 Å². The highest BCUT2D eigenvalue weighted by molar-refractivity contribution is 9.10. The van der Waals surface area contributed by atoms with Gasteiger partial charge in [0.2, 0.25) is 0 Å². The summed E-state index contributed by atoms with van der Waals surface area (Å²) >= 11 is 9.13. The minimum absolute atomic E-state index is 0.357. The molecule has 0 spiro atoms. The Morgan fingerprint density at radius 1 is 1.54 bits per heavy atom. The smallest absolute Gasteiger partial charge is 0.132 e. The normalized spacial score (nSPS) is 18.3. The maximum atomic E-state index is 10.8. The standard InChI is InChI=1S/C9H7BrClNO/c10-6-1-2-7(11)12-8(6)9(5-13)3-4-9/h1-2,5H,3-4H2. The van der Waals surface area contributed by atoms with Gasteiger partial charge in [-0.2, -0.15) is 0 Å². The summed E-state index contributed by atoms with van der Waals surface area (Å²) in [7, 11) is 0. The Bertz CT molecular complexity index is 363. The van der Waals surface area contributed by atoms with Crippen molar-refractivity contribution in [3.8, 4) is 0 Å². The average molecular weight is 261 g/mol. The van der Waals surface area contributed by atoms with Gasteiger partial charge >= 0.3 is 0 Å². The molecular weight excluding hydrogens is 253 g/mol. The quantitative estimate of drug-likeness (QED) is 0.604. The lowest BCUT2D eigenvalue weighted by Crippen LogP contribution is -2.11. The number of aromatic nitrogens is 1. The number of nitrogens with zero attached hydrogens (tertiary/aromatic N) is 1. The van der Waals surface area contributed by atoms with Crippen LogP contribution in [0.3, 0.4) is 0 Å². The van der Waals surface area contributed by atoms with Gasteiger partial charge in [-0.15, -0.1) is 0 Å². The van der Waals surface area contributed by atoms with Crippen LogP contribution in [0, 0.1) is 0 Å². The van der Waals surface area contributed by atoms with Gasteiger partial charge in [-0.3, -0.25) is 0 Å². The molecule has 1 aliphatic rings. The van der Waals surface area contributed by atoms with Gasteiger partial charge in [0.05, 0.1) is 11.1 Å². The highest BCUT2D eigenvalue weighted by atomic mass is 79.9. The van der Waals surface area contributed by atoms with E-state index in [1.54, 1.807) is 6.07 Å². The third kappa shape index (κ3) is 1.51. The van der Waals surface area contributed by atoms with Gasteiger partial charge < -0.3 is 4.79 Å². The lowest BCUT2D eigenvalue weighted by molar-refractivity contribution is -0.110. The van der Waals surface area contributed by atoms with Crippen molar-refractivity contribution in [1.29, 1.82) is 0 Å². The first-order valence-corrected chi connectivity index (χ1v) is 5.14. The van der Waals surface area contributed by atoms with Crippen molar-refractivity contribution in [2.45, 2.75) is 18.3 Å². The van der Waals surface area contributed by atoms with E-state index in [0.717, 1.165) is 29.3 Å². The molecule has 0 N–H and O–H groups in total. The minimum atomic E-state index is -0.357. The Morgan fingerprint density at radius 2 is 2.23 bits per heavy atom. The van der Waals surface area contributed by atoms with Gasteiger partial charge in [0.15, 0.2) is 0 Å². The van der Waals surface area contributed by atoms with Gasteiger partial charge in [0.1, 0.15) is 11.4 Å². The van der Waals surface area contributed by atoms with Gasteiger partial charge in [0.25, 0.3) is 0 Å². The van der Waals surface area contributed by atoms with E-state index < -0.39 is 0 Å². The number of hydrogen-bond donors (Lipinski definition) is 0. The molecule has 0 unspecified atom stereocenters. The molecule has 0 bridgehead atoms. The van der Waals surface area contributed by atoms with E-state index in [1.165, 1.54) is 0 Å². The number of aldehydes is 1. The van der Waals surface area contributed by atoms with Gasteiger partial charge in [0, 0.05) is 4.47 Å². The number of pyridine rings is 1. The van der Waals surface area contributed by atoms with Crippen LogP contribution in [0.5, 0.6) is 0 Å². The Kier molecular flexibility index (Phi) is 2.16. The van der Waals surface area contributed by atoms with E-state index in [-0.39, 0.29) is 5.41 Å². The van der Waals surface area contributed by atoms with Crippen molar-refractivity contribution in [2.75, 3.05) is 0 Å². The molecule has 0 aliphatic heterocycles. The molecule has 0 amide bonds. The van der Waals surface area contributed by atoms with E-state index >= 15 is 0 Å². The van der Waals surface area contributed by atoms with Gasteiger partial charge in [-0.05, 0) is 40.9 Å². The molecular formula is C9H7BrClNO. The maximum absolute atomic E-state index is 10.8. The van der Waals surface area contributed by atoms with Crippen LogP contribution in [0.2, 0.25) is 5.15 Å². The predicted octanol–water partition coefficient (Wildman–Crippen LogP) is 2.73. The van der Waals surface area contributed by atoms with Crippen LogP contribution in [0.1, 0.15) is 18.5 Å². The molecule has 2 nitrogen and oxygen atoms in total. The van der Waals surface area contributed by atoms with Crippen molar-refractivity contribution >= 4 is 33.8 Å². The van der Waals surface area contributed by atoms with Crippen LogP contribution in [-0.4, -0.2) is 11.3 Å². The predicted molar refractivity (Wildman–Crippen MR) is 53.9 cm³/mol. The Labute approximate surface area is 89.4 Å². The monoisotopic (exact) mass is 259 g/mol. The molecule has 1 aliphatic carbocycles. The van der Waals surface area contributed by atoms with Crippen LogP contribution in [0.15, 0.2) is 16.6 Å². The van der Waals surface area contributed by atoms with Crippen LogP contribution >= 0.6 is 27.5 Å². The van der Waals surface area contributed by atoms with Gasteiger partial charge in [-0.1, -0.05) is 11.6 Å². The Balaban J connectivity index is 2.50. The zero-order chi connectivity index (χ0) is 9.47. The first-order chi connectivity index (χ1) is 6.18. The second kappa shape index (κ2) is 3.07. The molecule has 1 aromatic heterocycles. The molecule has 0 radical (unpaired) electrons. The molecule has 0 saturated heterocycles. The fourth-order valence-corrected chi connectivity index (χ4v) is 2.08. The lowest BCUT2D eigenvalue weighted by atomic mass is 10.0. The molecule has 4 heteroatoms. The highest BCUT2D eigenvalue weighted by Gasteiger charge is 2.47. The summed E-state index contributed by atoms with van der Waals surface area (Å²) < 4.78 is 0.862. The summed E-state index contributed by atoms with van der Waals surface area (Å²) in [5.41, 5.74) is 0.416. The zero-order valence-corrected chi connectivity index (χ0v) is 9.10. The molecule has 0 atom stereocenters. The number of rotatable bonds is 2. The van der Waals surface area contributed by atoms with E-state index in [9.17, 15) is 4.79 Å². The molecule has 1 aromatic rings. The highest BCUT2D eigenvalue weighted by Crippen LogP contribution is 2.47. The Hall–Kier alpha value is -0.410. The second-order valence-electron chi connectivity index (χ2n) is 3.24. The molecule has 0 aromatic carbocycles. The van der Waals surface area contributed by atoms with Crippen LogP contribution in [0.25, 0.3) is 0 Å². The fourth-order valence-electron chi connectivity index (χ4n) is 1.31. The number of carbonyl (C=O) groups is 1. The molecule has 68 valence electrons. The second-order valence-corrected chi connectivity index (χ2v) is 4.48. The third-order valence-corrected chi connectivity index (χ3v) is 3.15. The van der Waals surface area contributed by atoms with Crippen molar-refractivity contribution in [1.82, 2.24) is 4.98 Å². The molecule has 1 fully saturated rings. The number of hydrogen-bond acceptors (Lipinski definition) is 2. The third-order valence-electron chi connectivity index (χ3n) is 2.30. The summed E-state index contributed by atoms with van der Waals surface area (Å²) in [6.07, 6.45) is 2.72. The van der Waals surface area contributed by atoms with E-state index in [2.05, 4.69) is 20.9 Å². The molecule has 1 saturated carbocycles. The summed E-state index contributed by atoms with van der Waals surface area (Å²) in [4.78, 5) is 15.0. The molecule has 1 heterocycles. The van der Waals surface area contributed by atoms with Crippen molar-refractivity contribution < 1.29 is 4.79 Å². The van der Waals surface area contributed by atoms with Gasteiger partial charge in [-0.25, -0.2) is 4.98 Å². The largest absolute Gasteiger partial charge is 0.302 e. The summed E-state index contributed by atoms with van der Waals surface area (Å²) in [6, 6.07) is 3.53. The van der Waals surface area contributed by atoms with E-state index in [0.29, 0.717) is 5.15 Å². The summed E-state index contributed by atoms with van der Waals surface area (Å²) in [6.45, 7) is 0. The topological polar surface area (TPSA) is 30.0 Å². The fraction of sp³-hybridized carbons (Fsp3) is 0.333. The lowest BCUT2D eigenvalue weighted by Gasteiger charge is -2.08. The SMILES string of the molecule is O=CC1(c2nc(Cl)ccc2Br)CC1. The first-order valence-electron chi connectivity index (χ1n) is 3.97. The van der Waals surface area contributed by atoms with Crippen molar-refractivity contribution in [3.05, 3.63) is 27.5 Å². The Morgan fingerprint density at radius 3 is 2.77 bits per heavy atom. The van der Waals surface area contributed by atoms with Crippen LogP contribution < -0.4 is 0 Å². The zero-order valence-electron chi connectivity index (χ0n) is 6.76.